The quantitative estimate of drug-likeness (QED) is 0.734. The van der Waals surface area contributed by atoms with Gasteiger partial charge in [-0.1, -0.05) is 30.3 Å². The molecule has 2 N–H and O–H groups in total. The summed E-state index contributed by atoms with van der Waals surface area (Å²) in [4.78, 5) is 23.1. The summed E-state index contributed by atoms with van der Waals surface area (Å²) in [5, 5.41) is 11.2. The van der Waals surface area contributed by atoms with Crippen LogP contribution in [0.25, 0.3) is 0 Å². The molecule has 0 radical (unpaired) electrons. The molecular formula is C14H19NO5. The van der Waals surface area contributed by atoms with Gasteiger partial charge in [0.1, 0.15) is 12.6 Å². The average Bonchev–Trinajstić information content (AvgIpc) is 2.49. The number of ether oxygens (including phenoxy) is 2. The summed E-state index contributed by atoms with van der Waals surface area (Å²) < 4.78 is 9.60. The second-order valence-corrected chi connectivity index (χ2v) is 4.15. The summed E-state index contributed by atoms with van der Waals surface area (Å²) in [6.07, 6.45) is -0.0292. The molecule has 0 bridgehead atoms. The van der Waals surface area contributed by atoms with E-state index in [0.29, 0.717) is 12.8 Å². The topological polar surface area (TPSA) is 84.9 Å². The Morgan fingerprint density at radius 2 is 2.00 bits per heavy atom. The van der Waals surface area contributed by atoms with E-state index in [1.54, 1.807) is 0 Å². The van der Waals surface area contributed by atoms with E-state index in [0.717, 1.165) is 5.56 Å². The minimum absolute atomic E-state index is 0.0642. The van der Waals surface area contributed by atoms with Gasteiger partial charge in [-0.05, 0) is 18.4 Å². The maximum absolute atomic E-state index is 11.9. The molecule has 0 saturated heterocycles. The number of esters is 1. The van der Waals surface area contributed by atoms with E-state index in [2.05, 4.69) is 10.1 Å². The lowest BCUT2D eigenvalue weighted by Gasteiger charge is -2.16. The van der Waals surface area contributed by atoms with Crippen molar-refractivity contribution in [1.29, 1.82) is 0 Å². The Labute approximate surface area is 117 Å². The molecule has 0 aliphatic rings. The van der Waals surface area contributed by atoms with Crippen molar-refractivity contribution in [2.24, 2.45) is 0 Å². The van der Waals surface area contributed by atoms with Crippen LogP contribution in [0.2, 0.25) is 0 Å². The van der Waals surface area contributed by atoms with E-state index in [-0.39, 0.29) is 13.2 Å². The number of alkyl carbamates (subject to hydrolysis) is 1. The molecule has 6 heteroatoms. The zero-order valence-corrected chi connectivity index (χ0v) is 11.4. The molecular weight excluding hydrogens is 262 g/mol. The number of benzene rings is 1. The van der Waals surface area contributed by atoms with E-state index in [4.69, 9.17) is 9.84 Å². The van der Waals surface area contributed by atoms with E-state index in [1.165, 1.54) is 7.11 Å². The second kappa shape index (κ2) is 8.92. The van der Waals surface area contributed by atoms with E-state index in [1.807, 2.05) is 30.3 Å². The number of methoxy groups -OCH3 is 1. The first-order valence-electron chi connectivity index (χ1n) is 6.33. The van der Waals surface area contributed by atoms with Gasteiger partial charge in [0.05, 0.1) is 7.11 Å². The van der Waals surface area contributed by atoms with Crippen molar-refractivity contribution >= 4 is 12.1 Å². The molecule has 0 aromatic heterocycles. The van der Waals surface area contributed by atoms with Crippen molar-refractivity contribution < 1.29 is 24.2 Å². The monoisotopic (exact) mass is 281 g/mol. The van der Waals surface area contributed by atoms with Gasteiger partial charge >= 0.3 is 12.1 Å². The minimum atomic E-state index is -0.821. The molecule has 1 aromatic rings. The third kappa shape index (κ3) is 5.71. The Bertz CT molecular complexity index is 421. The van der Waals surface area contributed by atoms with Gasteiger partial charge in [-0.3, -0.25) is 0 Å². The summed E-state index contributed by atoms with van der Waals surface area (Å²) in [6, 6.07) is 8.42. The molecule has 1 amide bonds. The Hall–Kier alpha value is -2.08. The van der Waals surface area contributed by atoms with Gasteiger partial charge in [-0.2, -0.15) is 0 Å². The molecule has 0 aliphatic carbocycles. The van der Waals surface area contributed by atoms with Gasteiger partial charge in [0, 0.05) is 6.61 Å². The van der Waals surface area contributed by atoms with Crippen molar-refractivity contribution in [3.05, 3.63) is 35.9 Å². The zero-order valence-electron chi connectivity index (χ0n) is 11.4. The summed E-state index contributed by atoms with van der Waals surface area (Å²) in [7, 11) is 1.22. The largest absolute Gasteiger partial charge is 0.459 e. The van der Waals surface area contributed by atoms with Crippen LogP contribution >= 0.6 is 0 Å². The summed E-state index contributed by atoms with van der Waals surface area (Å²) in [5.74, 6) is -0.548. The molecule has 1 aromatic carbocycles. The van der Waals surface area contributed by atoms with E-state index >= 15 is 0 Å². The highest BCUT2D eigenvalue weighted by atomic mass is 16.5. The van der Waals surface area contributed by atoms with Gasteiger partial charge in [0.25, 0.3) is 0 Å². The normalized spacial score (nSPS) is 11.5. The SMILES string of the molecule is COC(=O)NC(CCCO)C(=O)OCc1ccccc1. The number of hydrogen-bond acceptors (Lipinski definition) is 5. The third-order valence-corrected chi connectivity index (χ3v) is 2.64. The molecule has 0 spiro atoms. The van der Waals surface area contributed by atoms with Crippen LogP contribution in [-0.2, 0) is 20.9 Å². The van der Waals surface area contributed by atoms with Gasteiger partial charge in [-0.25, -0.2) is 9.59 Å². The lowest BCUT2D eigenvalue weighted by atomic mass is 10.1. The maximum atomic E-state index is 11.9. The van der Waals surface area contributed by atoms with Gasteiger partial charge in [-0.15, -0.1) is 0 Å². The van der Waals surface area contributed by atoms with Crippen molar-refractivity contribution in [1.82, 2.24) is 5.32 Å². The van der Waals surface area contributed by atoms with Crippen LogP contribution in [0.5, 0.6) is 0 Å². The molecule has 1 rings (SSSR count). The highest BCUT2D eigenvalue weighted by molar-refractivity contribution is 5.81. The molecule has 0 aliphatic heterocycles. The van der Waals surface area contributed by atoms with Gasteiger partial charge in [0.2, 0.25) is 0 Å². The predicted octanol–water partition coefficient (Wildman–Crippen LogP) is 1.23. The number of aliphatic hydroxyl groups is 1. The Balaban J connectivity index is 2.51. The standard InChI is InChI=1S/C14H19NO5/c1-19-14(18)15-12(8-5-9-16)13(17)20-10-11-6-3-2-4-7-11/h2-4,6-7,12,16H,5,8-10H2,1H3,(H,15,18). The van der Waals surface area contributed by atoms with Crippen LogP contribution in [0, 0.1) is 0 Å². The van der Waals surface area contributed by atoms with Crippen LogP contribution in [0.4, 0.5) is 4.79 Å². The Morgan fingerprint density at radius 1 is 1.30 bits per heavy atom. The molecule has 1 unspecified atom stereocenters. The second-order valence-electron chi connectivity index (χ2n) is 4.15. The summed E-state index contributed by atoms with van der Waals surface area (Å²) in [5.41, 5.74) is 0.861. The van der Waals surface area contributed by atoms with Crippen LogP contribution in [-0.4, -0.2) is 36.9 Å². The van der Waals surface area contributed by atoms with Crippen LogP contribution in [0.3, 0.4) is 0 Å². The number of nitrogens with one attached hydrogen (secondary N) is 1. The highest BCUT2D eigenvalue weighted by Gasteiger charge is 2.22. The van der Waals surface area contributed by atoms with Crippen LogP contribution in [0.1, 0.15) is 18.4 Å². The zero-order chi connectivity index (χ0) is 14.8. The number of hydrogen-bond donors (Lipinski definition) is 2. The van der Waals surface area contributed by atoms with Gasteiger partial charge in [0.15, 0.2) is 0 Å². The maximum Gasteiger partial charge on any atom is 0.407 e. The molecule has 0 heterocycles. The first kappa shape index (κ1) is 16.0. The Kier molecular flexibility index (Phi) is 7.13. The molecule has 0 fully saturated rings. The van der Waals surface area contributed by atoms with Crippen molar-refractivity contribution in [3.8, 4) is 0 Å². The van der Waals surface area contributed by atoms with Crippen molar-refractivity contribution in [2.45, 2.75) is 25.5 Å². The van der Waals surface area contributed by atoms with Gasteiger partial charge < -0.3 is 19.9 Å². The highest BCUT2D eigenvalue weighted by Crippen LogP contribution is 2.05. The van der Waals surface area contributed by atoms with E-state index < -0.39 is 18.1 Å². The summed E-state index contributed by atoms with van der Waals surface area (Å²) >= 11 is 0. The third-order valence-electron chi connectivity index (χ3n) is 2.64. The van der Waals surface area contributed by atoms with Crippen LogP contribution < -0.4 is 5.32 Å². The fourth-order valence-electron chi connectivity index (χ4n) is 1.57. The molecule has 1 atom stereocenters. The lowest BCUT2D eigenvalue weighted by molar-refractivity contribution is -0.147. The number of carbonyl (C=O) groups excluding carboxylic acids is 2. The first-order valence-corrected chi connectivity index (χ1v) is 6.33. The predicted molar refractivity (Wildman–Crippen MR) is 71.9 cm³/mol. The average molecular weight is 281 g/mol. The Morgan fingerprint density at radius 3 is 2.60 bits per heavy atom. The molecule has 6 nitrogen and oxygen atoms in total. The van der Waals surface area contributed by atoms with Crippen molar-refractivity contribution in [3.63, 3.8) is 0 Å². The fraction of sp³-hybridized carbons (Fsp3) is 0.429. The summed E-state index contributed by atoms with van der Waals surface area (Å²) in [6.45, 7) is 0.0729. The molecule has 20 heavy (non-hydrogen) atoms. The minimum Gasteiger partial charge on any atom is -0.459 e. The first-order chi connectivity index (χ1) is 9.67. The van der Waals surface area contributed by atoms with E-state index in [9.17, 15) is 9.59 Å². The number of rotatable bonds is 7. The number of carbonyl (C=O) groups is 2. The smallest absolute Gasteiger partial charge is 0.407 e. The fourth-order valence-corrected chi connectivity index (χ4v) is 1.57. The molecule has 110 valence electrons. The molecule has 0 saturated carbocycles. The van der Waals surface area contributed by atoms with Crippen LogP contribution in [0.15, 0.2) is 30.3 Å². The van der Waals surface area contributed by atoms with Crippen molar-refractivity contribution in [2.75, 3.05) is 13.7 Å². The number of aliphatic hydroxyl groups excluding tert-OH is 1. The lowest BCUT2D eigenvalue weighted by Crippen LogP contribution is -2.41. The number of amides is 1.